The van der Waals surface area contributed by atoms with Gasteiger partial charge < -0.3 is 20.1 Å². The van der Waals surface area contributed by atoms with Gasteiger partial charge in [0.15, 0.2) is 0 Å². The number of nitrogens with zero attached hydrogens (tertiary/aromatic N) is 4. The number of carbonyl (C=O) groups is 2. The number of urea groups is 1. The maximum atomic E-state index is 13.2. The molecule has 1 saturated heterocycles. The average molecular weight is 465 g/mol. The van der Waals surface area contributed by atoms with Crippen LogP contribution in [0.4, 0.5) is 10.5 Å². The molecule has 0 unspecified atom stereocenters. The fourth-order valence-electron chi connectivity index (χ4n) is 3.99. The van der Waals surface area contributed by atoms with Crippen LogP contribution in [0.15, 0.2) is 53.5 Å². The van der Waals surface area contributed by atoms with Crippen LogP contribution in [0.1, 0.15) is 15.9 Å². The second-order valence-electron chi connectivity index (χ2n) is 7.96. The first-order valence-electron chi connectivity index (χ1n) is 10.5. The molecule has 0 saturated carbocycles. The van der Waals surface area contributed by atoms with E-state index in [-0.39, 0.29) is 17.5 Å². The van der Waals surface area contributed by atoms with Gasteiger partial charge in [-0.05, 0) is 36.8 Å². The quantitative estimate of drug-likeness (QED) is 0.475. The third kappa shape index (κ3) is 3.80. The predicted octanol–water partition coefficient (Wildman–Crippen LogP) is 3.13. The Morgan fingerprint density at radius 2 is 1.79 bits per heavy atom. The number of para-hydroxylation sites is 1. The number of rotatable bonds is 2. The molecule has 2 N–H and O–H groups in total. The van der Waals surface area contributed by atoms with Crippen molar-refractivity contribution in [1.29, 1.82) is 0 Å². The van der Waals surface area contributed by atoms with Gasteiger partial charge in [0.2, 0.25) is 0 Å². The van der Waals surface area contributed by atoms with Crippen molar-refractivity contribution in [2.75, 3.05) is 31.5 Å². The monoisotopic (exact) mass is 464 g/mol. The van der Waals surface area contributed by atoms with E-state index in [0.29, 0.717) is 59.0 Å². The zero-order valence-electron chi connectivity index (χ0n) is 17.8. The molecule has 0 radical (unpaired) electrons. The zero-order chi connectivity index (χ0) is 23.1. The Hall–Kier alpha value is -3.85. The van der Waals surface area contributed by atoms with E-state index in [4.69, 9.17) is 11.6 Å². The molecular formula is C23H21ClN6O3. The van der Waals surface area contributed by atoms with Crippen molar-refractivity contribution in [3.63, 3.8) is 0 Å². The Labute approximate surface area is 193 Å². The maximum absolute atomic E-state index is 13.2. The van der Waals surface area contributed by atoms with Gasteiger partial charge in [-0.1, -0.05) is 29.8 Å². The van der Waals surface area contributed by atoms with E-state index >= 15 is 0 Å². The normalized spacial score (nSPS) is 14.1. The lowest BCUT2D eigenvalue weighted by Gasteiger charge is -2.34. The van der Waals surface area contributed by atoms with E-state index in [2.05, 4.69) is 15.4 Å². The number of benzene rings is 2. The van der Waals surface area contributed by atoms with Gasteiger partial charge in [-0.3, -0.25) is 9.59 Å². The second kappa shape index (κ2) is 8.25. The van der Waals surface area contributed by atoms with E-state index in [0.717, 1.165) is 5.56 Å². The highest BCUT2D eigenvalue weighted by Crippen LogP contribution is 2.21. The molecule has 1 aliphatic rings. The molecule has 2 aromatic heterocycles. The first kappa shape index (κ1) is 21.0. The van der Waals surface area contributed by atoms with Crippen LogP contribution in [0.25, 0.3) is 16.6 Å². The minimum Gasteiger partial charge on any atom is -0.335 e. The number of carbonyl (C=O) groups excluding carboxylic acids is 2. The minimum atomic E-state index is -0.273. The first-order valence-corrected chi connectivity index (χ1v) is 10.9. The molecule has 3 heterocycles. The third-order valence-electron chi connectivity index (χ3n) is 5.89. The molecule has 10 heteroatoms. The summed E-state index contributed by atoms with van der Waals surface area (Å²) in [6.07, 6.45) is 1.47. The third-order valence-corrected chi connectivity index (χ3v) is 6.29. The maximum Gasteiger partial charge on any atom is 0.321 e. The van der Waals surface area contributed by atoms with Crippen LogP contribution in [-0.4, -0.2) is 62.5 Å². The first-order chi connectivity index (χ1) is 15.9. The Morgan fingerprint density at radius 3 is 2.55 bits per heavy atom. The van der Waals surface area contributed by atoms with Gasteiger partial charge >= 0.3 is 6.03 Å². The SMILES string of the molecule is Cc1ccc(NC(=O)N2CCN(C(=O)c3cnn4c3[nH]c(=O)c3ccccc34)CC2)cc1Cl. The summed E-state index contributed by atoms with van der Waals surface area (Å²) in [7, 11) is 0. The molecule has 33 heavy (non-hydrogen) atoms. The van der Waals surface area contributed by atoms with Gasteiger partial charge in [0.1, 0.15) is 11.2 Å². The van der Waals surface area contributed by atoms with E-state index < -0.39 is 0 Å². The molecule has 168 valence electrons. The Kier molecular flexibility index (Phi) is 5.26. The molecule has 5 rings (SSSR count). The molecule has 1 aliphatic heterocycles. The number of H-pyrrole nitrogens is 1. The number of aromatic nitrogens is 3. The van der Waals surface area contributed by atoms with Gasteiger partial charge in [-0.25, -0.2) is 9.31 Å². The number of halogens is 1. The molecule has 9 nitrogen and oxygen atoms in total. The molecule has 0 atom stereocenters. The summed E-state index contributed by atoms with van der Waals surface area (Å²) in [6, 6.07) is 12.2. The topological polar surface area (TPSA) is 103 Å². The van der Waals surface area contributed by atoms with E-state index in [9.17, 15) is 14.4 Å². The number of fused-ring (bicyclic) bond motifs is 3. The number of aryl methyl sites for hydroxylation is 1. The van der Waals surface area contributed by atoms with Crippen LogP contribution in [0.2, 0.25) is 5.02 Å². The summed E-state index contributed by atoms with van der Waals surface area (Å²) in [5, 5.41) is 8.25. The van der Waals surface area contributed by atoms with Crippen molar-refractivity contribution >= 4 is 45.8 Å². The van der Waals surface area contributed by atoms with Crippen molar-refractivity contribution < 1.29 is 9.59 Å². The number of hydrogen-bond donors (Lipinski definition) is 2. The molecular weight excluding hydrogens is 444 g/mol. The number of piperazine rings is 1. The standard InChI is InChI=1S/C23H21ClN6O3/c1-14-6-7-15(12-18(14)24)26-23(33)29-10-8-28(9-11-29)22(32)17-13-25-30-19-5-3-2-4-16(19)21(31)27-20(17)30/h2-7,12-13H,8-11H2,1H3,(H,26,33)(H,27,31). The summed E-state index contributed by atoms with van der Waals surface area (Å²) in [4.78, 5) is 44.4. The van der Waals surface area contributed by atoms with Crippen LogP contribution >= 0.6 is 11.6 Å². The fourth-order valence-corrected chi connectivity index (χ4v) is 4.17. The molecule has 1 fully saturated rings. The van der Waals surface area contributed by atoms with Crippen molar-refractivity contribution in [3.8, 4) is 0 Å². The van der Waals surface area contributed by atoms with Gasteiger partial charge in [0, 0.05) is 36.9 Å². The summed E-state index contributed by atoms with van der Waals surface area (Å²) < 4.78 is 1.57. The van der Waals surface area contributed by atoms with Gasteiger partial charge in [0.05, 0.1) is 17.1 Å². The highest BCUT2D eigenvalue weighted by Gasteiger charge is 2.27. The average Bonchev–Trinajstić information content (AvgIpc) is 3.25. The van der Waals surface area contributed by atoms with Crippen LogP contribution in [0.5, 0.6) is 0 Å². The minimum absolute atomic E-state index is 0.235. The largest absolute Gasteiger partial charge is 0.335 e. The van der Waals surface area contributed by atoms with Gasteiger partial charge in [0.25, 0.3) is 11.5 Å². The molecule has 3 amide bonds. The van der Waals surface area contributed by atoms with Gasteiger partial charge in [-0.2, -0.15) is 5.10 Å². The summed E-state index contributed by atoms with van der Waals surface area (Å²) in [6.45, 7) is 3.41. The smallest absolute Gasteiger partial charge is 0.321 e. The van der Waals surface area contributed by atoms with Crippen molar-refractivity contribution in [2.24, 2.45) is 0 Å². The number of amides is 3. The summed E-state index contributed by atoms with van der Waals surface area (Å²) >= 11 is 6.13. The lowest BCUT2D eigenvalue weighted by atomic mass is 10.2. The molecule has 4 aromatic rings. The van der Waals surface area contributed by atoms with E-state index in [1.807, 2.05) is 19.1 Å². The van der Waals surface area contributed by atoms with Gasteiger partial charge in [-0.15, -0.1) is 0 Å². The lowest BCUT2D eigenvalue weighted by molar-refractivity contribution is 0.0673. The van der Waals surface area contributed by atoms with Crippen LogP contribution in [0, 0.1) is 6.92 Å². The summed E-state index contributed by atoms with van der Waals surface area (Å²) in [5.74, 6) is -0.235. The van der Waals surface area contributed by atoms with Crippen LogP contribution in [0.3, 0.4) is 0 Å². The van der Waals surface area contributed by atoms with E-state index in [1.165, 1.54) is 6.20 Å². The number of anilines is 1. The molecule has 0 spiro atoms. The van der Waals surface area contributed by atoms with Crippen molar-refractivity contribution in [2.45, 2.75) is 6.92 Å². The molecule has 0 bridgehead atoms. The Balaban J connectivity index is 1.30. The van der Waals surface area contributed by atoms with Crippen molar-refractivity contribution in [1.82, 2.24) is 24.4 Å². The zero-order valence-corrected chi connectivity index (χ0v) is 18.6. The lowest BCUT2D eigenvalue weighted by Crippen LogP contribution is -2.51. The Bertz CT molecular complexity index is 1450. The number of aromatic amines is 1. The number of nitrogens with one attached hydrogen (secondary N) is 2. The van der Waals surface area contributed by atoms with Crippen molar-refractivity contribution in [3.05, 3.63) is 75.2 Å². The second-order valence-corrected chi connectivity index (χ2v) is 8.37. The summed E-state index contributed by atoms with van der Waals surface area (Å²) in [5.41, 5.74) is 2.60. The molecule has 0 aliphatic carbocycles. The number of hydrogen-bond acceptors (Lipinski definition) is 4. The van der Waals surface area contributed by atoms with Crippen LogP contribution in [-0.2, 0) is 0 Å². The van der Waals surface area contributed by atoms with E-state index in [1.54, 1.807) is 44.6 Å². The highest BCUT2D eigenvalue weighted by atomic mass is 35.5. The Morgan fingerprint density at radius 1 is 1.06 bits per heavy atom. The predicted molar refractivity (Wildman–Crippen MR) is 126 cm³/mol. The highest BCUT2D eigenvalue weighted by molar-refractivity contribution is 6.31. The fraction of sp³-hybridized carbons (Fsp3) is 0.217. The molecule has 2 aromatic carbocycles. The van der Waals surface area contributed by atoms with Crippen LogP contribution < -0.4 is 10.9 Å².